The van der Waals surface area contributed by atoms with Crippen LogP contribution in [0.25, 0.3) is 0 Å². The standard InChI is InChI=1S/C9H7ClF2INO2/c1-16-9(15)6-2-4(7(11)12)5(3-10)8(13)14-6/h2,7H,3H2,1H3. The van der Waals surface area contributed by atoms with Gasteiger partial charge in [-0.25, -0.2) is 18.6 Å². The van der Waals surface area contributed by atoms with Crippen LogP contribution in [0.5, 0.6) is 0 Å². The first kappa shape index (κ1) is 13.6. The Morgan fingerprint density at radius 1 is 1.69 bits per heavy atom. The molecule has 0 aliphatic carbocycles. The number of halogens is 4. The summed E-state index contributed by atoms with van der Waals surface area (Å²) < 4.78 is 30.1. The Bertz CT molecular complexity index is 415. The van der Waals surface area contributed by atoms with E-state index in [9.17, 15) is 13.6 Å². The average Bonchev–Trinajstić information content (AvgIpc) is 2.26. The van der Waals surface area contributed by atoms with E-state index < -0.39 is 12.4 Å². The van der Waals surface area contributed by atoms with Gasteiger partial charge in [-0.1, -0.05) is 0 Å². The van der Waals surface area contributed by atoms with Crippen LogP contribution in [0.1, 0.15) is 28.0 Å². The Hall–Kier alpha value is -0.500. The number of methoxy groups -OCH3 is 1. The summed E-state index contributed by atoms with van der Waals surface area (Å²) in [4.78, 5) is 15.0. The van der Waals surface area contributed by atoms with Crippen LogP contribution in [0.4, 0.5) is 8.78 Å². The van der Waals surface area contributed by atoms with Gasteiger partial charge in [0.2, 0.25) is 0 Å². The number of aromatic nitrogens is 1. The fourth-order valence-corrected chi connectivity index (χ4v) is 2.36. The minimum Gasteiger partial charge on any atom is -0.464 e. The Kier molecular flexibility index (Phi) is 4.85. The molecule has 0 amide bonds. The molecule has 3 nitrogen and oxygen atoms in total. The fourth-order valence-electron chi connectivity index (χ4n) is 1.10. The van der Waals surface area contributed by atoms with Gasteiger partial charge >= 0.3 is 5.97 Å². The molecule has 1 heterocycles. The number of alkyl halides is 3. The van der Waals surface area contributed by atoms with Crippen LogP contribution in [-0.2, 0) is 10.6 Å². The molecule has 16 heavy (non-hydrogen) atoms. The van der Waals surface area contributed by atoms with Crippen LogP contribution >= 0.6 is 34.2 Å². The largest absolute Gasteiger partial charge is 0.464 e. The zero-order valence-electron chi connectivity index (χ0n) is 8.14. The van der Waals surface area contributed by atoms with Gasteiger partial charge in [-0.15, -0.1) is 11.6 Å². The number of esters is 1. The lowest BCUT2D eigenvalue weighted by molar-refractivity contribution is 0.0593. The molecule has 0 saturated heterocycles. The molecule has 1 rings (SSSR count). The highest BCUT2D eigenvalue weighted by molar-refractivity contribution is 14.1. The van der Waals surface area contributed by atoms with E-state index in [-0.39, 0.29) is 26.4 Å². The van der Waals surface area contributed by atoms with Crippen LogP contribution in [0, 0.1) is 3.70 Å². The first-order valence-corrected chi connectivity index (χ1v) is 5.74. The van der Waals surface area contributed by atoms with Gasteiger partial charge in [-0.3, -0.25) is 0 Å². The summed E-state index contributed by atoms with van der Waals surface area (Å²) in [6, 6.07) is 1.01. The number of ether oxygens (including phenoxy) is 1. The quantitative estimate of drug-likeness (QED) is 0.359. The summed E-state index contributed by atoms with van der Waals surface area (Å²) in [6.07, 6.45) is -2.70. The normalized spacial score (nSPS) is 10.6. The number of hydrogen-bond donors (Lipinski definition) is 0. The fraction of sp³-hybridized carbons (Fsp3) is 0.333. The first-order chi connectivity index (χ1) is 7.51. The monoisotopic (exact) mass is 361 g/mol. The average molecular weight is 362 g/mol. The van der Waals surface area contributed by atoms with Crippen molar-refractivity contribution >= 4 is 40.2 Å². The highest BCUT2D eigenvalue weighted by Crippen LogP contribution is 2.27. The topological polar surface area (TPSA) is 39.2 Å². The molecule has 88 valence electrons. The molecule has 0 radical (unpaired) electrons. The van der Waals surface area contributed by atoms with Crippen LogP contribution in [0.15, 0.2) is 6.07 Å². The van der Waals surface area contributed by atoms with Gasteiger partial charge in [0.15, 0.2) is 0 Å². The summed E-state index contributed by atoms with van der Waals surface area (Å²) in [5.41, 5.74) is -0.184. The summed E-state index contributed by atoms with van der Waals surface area (Å²) in [7, 11) is 1.16. The molecule has 0 saturated carbocycles. The predicted molar refractivity (Wildman–Crippen MR) is 62.8 cm³/mol. The summed E-state index contributed by atoms with van der Waals surface area (Å²) in [5.74, 6) is -0.826. The van der Waals surface area contributed by atoms with Crippen LogP contribution in [0.2, 0.25) is 0 Å². The van der Waals surface area contributed by atoms with E-state index >= 15 is 0 Å². The second-order valence-electron chi connectivity index (χ2n) is 2.79. The van der Waals surface area contributed by atoms with E-state index in [2.05, 4.69) is 9.72 Å². The van der Waals surface area contributed by atoms with Gasteiger partial charge in [0.25, 0.3) is 6.43 Å². The van der Waals surface area contributed by atoms with E-state index in [1.807, 2.05) is 0 Å². The predicted octanol–water partition coefficient (Wildman–Crippen LogP) is 3.15. The molecular weight excluding hydrogens is 354 g/mol. The molecular formula is C9H7ClF2INO2. The van der Waals surface area contributed by atoms with Crippen molar-refractivity contribution in [3.8, 4) is 0 Å². The first-order valence-electron chi connectivity index (χ1n) is 4.13. The summed E-state index contributed by atoms with van der Waals surface area (Å²) >= 11 is 7.31. The van der Waals surface area contributed by atoms with E-state index in [1.54, 1.807) is 22.6 Å². The molecule has 1 aromatic heterocycles. The molecule has 0 N–H and O–H groups in total. The number of hydrogen-bond acceptors (Lipinski definition) is 3. The van der Waals surface area contributed by atoms with Crippen LogP contribution in [0.3, 0.4) is 0 Å². The zero-order valence-corrected chi connectivity index (χ0v) is 11.1. The van der Waals surface area contributed by atoms with Gasteiger partial charge < -0.3 is 4.74 Å². The third kappa shape index (κ3) is 2.79. The van der Waals surface area contributed by atoms with Crippen molar-refractivity contribution in [3.05, 3.63) is 26.6 Å². The Morgan fingerprint density at radius 2 is 2.31 bits per heavy atom. The molecule has 0 spiro atoms. The zero-order chi connectivity index (χ0) is 12.3. The Labute approximate surface area is 109 Å². The highest BCUT2D eigenvalue weighted by atomic mass is 127. The van der Waals surface area contributed by atoms with Gasteiger partial charge in [0.05, 0.1) is 13.0 Å². The van der Waals surface area contributed by atoms with Gasteiger partial charge in [0, 0.05) is 11.1 Å². The van der Waals surface area contributed by atoms with Crippen molar-refractivity contribution in [2.24, 2.45) is 0 Å². The van der Waals surface area contributed by atoms with Crippen molar-refractivity contribution in [2.45, 2.75) is 12.3 Å². The second-order valence-corrected chi connectivity index (χ2v) is 4.08. The maximum absolute atomic E-state index is 12.7. The van der Waals surface area contributed by atoms with Crippen molar-refractivity contribution in [1.29, 1.82) is 0 Å². The van der Waals surface area contributed by atoms with Crippen molar-refractivity contribution in [2.75, 3.05) is 7.11 Å². The van der Waals surface area contributed by atoms with Crippen molar-refractivity contribution < 1.29 is 18.3 Å². The molecule has 0 aliphatic heterocycles. The Balaban J connectivity index is 3.33. The smallest absolute Gasteiger partial charge is 0.356 e. The molecule has 1 aromatic rings. The molecule has 0 fully saturated rings. The van der Waals surface area contributed by atoms with Crippen molar-refractivity contribution in [1.82, 2.24) is 4.98 Å². The number of carbonyl (C=O) groups excluding carboxylic acids is 1. The molecule has 0 atom stereocenters. The van der Waals surface area contributed by atoms with Crippen LogP contribution in [-0.4, -0.2) is 18.1 Å². The van der Waals surface area contributed by atoms with Crippen LogP contribution < -0.4 is 0 Å². The molecule has 0 bridgehead atoms. The lowest BCUT2D eigenvalue weighted by atomic mass is 10.1. The molecule has 7 heteroatoms. The van der Waals surface area contributed by atoms with E-state index in [0.717, 1.165) is 13.2 Å². The van der Waals surface area contributed by atoms with E-state index in [0.29, 0.717) is 0 Å². The SMILES string of the molecule is COC(=O)c1cc(C(F)F)c(CCl)c(I)n1. The molecule has 0 unspecified atom stereocenters. The van der Waals surface area contributed by atoms with Gasteiger partial charge in [-0.05, 0) is 28.7 Å². The summed E-state index contributed by atoms with van der Waals surface area (Å²) in [5, 5.41) is 0. The molecule has 0 aliphatic rings. The minimum atomic E-state index is -2.70. The number of carbonyl (C=O) groups is 1. The van der Waals surface area contributed by atoms with E-state index in [1.165, 1.54) is 0 Å². The lowest BCUT2D eigenvalue weighted by Crippen LogP contribution is -2.09. The minimum absolute atomic E-state index is 0.0770. The third-order valence-corrected chi connectivity index (χ3v) is 3.03. The maximum Gasteiger partial charge on any atom is 0.356 e. The summed E-state index contributed by atoms with van der Waals surface area (Å²) in [6.45, 7) is 0. The molecule has 0 aromatic carbocycles. The third-order valence-electron chi connectivity index (χ3n) is 1.87. The number of pyridine rings is 1. The Morgan fingerprint density at radius 3 is 2.75 bits per heavy atom. The second kappa shape index (κ2) is 5.72. The maximum atomic E-state index is 12.7. The highest BCUT2D eigenvalue weighted by Gasteiger charge is 2.20. The lowest BCUT2D eigenvalue weighted by Gasteiger charge is -2.09. The van der Waals surface area contributed by atoms with E-state index in [4.69, 9.17) is 11.6 Å². The number of rotatable bonds is 3. The number of nitrogens with zero attached hydrogens (tertiary/aromatic N) is 1. The van der Waals surface area contributed by atoms with Crippen molar-refractivity contribution in [3.63, 3.8) is 0 Å². The van der Waals surface area contributed by atoms with Gasteiger partial charge in [0.1, 0.15) is 9.39 Å². The van der Waals surface area contributed by atoms with Gasteiger partial charge in [-0.2, -0.15) is 0 Å².